The number of fused-ring (bicyclic) bond motifs is 1. The number of phenolic OH excluding ortho intramolecular Hbond substituents is 1. The van der Waals surface area contributed by atoms with Crippen LogP contribution in [0.3, 0.4) is 0 Å². The molecule has 1 amide bonds. The van der Waals surface area contributed by atoms with Gasteiger partial charge in [0, 0.05) is 23.4 Å². The molecule has 0 saturated heterocycles. The lowest BCUT2D eigenvalue weighted by molar-refractivity contribution is -0.142. The minimum Gasteiger partial charge on any atom is -0.508 e. The lowest BCUT2D eigenvalue weighted by atomic mass is 10.0. The van der Waals surface area contributed by atoms with Gasteiger partial charge in [0.2, 0.25) is 5.91 Å². The van der Waals surface area contributed by atoms with Crippen molar-refractivity contribution in [3.8, 4) is 5.75 Å². The summed E-state index contributed by atoms with van der Waals surface area (Å²) in [4.78, 5) is 35.5. The van der Waals surface area contributed by atoms with Crippen LogP contribution in [0, 0.1) is 6.92 Å². The number of nitrogens with one attached hydrogen (secondary N) is 1. The fourth-order valence-electron chi connectivity index (χ4n) is 2.84. The van der Waals surface area contributed by atoms with Crippen molar-refractivity contribution in [3.05, 3.63) is 39.7 Å². The zero-order valence-corrected chi connectivity index (χ0v) is 14.9. The van der Waals surface area contributed by atoms with Crippen molar-refractivity contribution in [1.82, 2.24) is 5.32 Å². The molecule has 1 aromatic carbocycles. The van der Waals surface area contributed by atoms with Crippen molar-refractivity contribution in [1.29, 1.82) is 0 Å². The second-order valence-corrected chi connectivity index (χ2v) is 6.27. The average Bonchev–Trinajstić information content (AvgIpc) is 2.57. The van der Waals surface area contributed by atoms with Crippen molar-refractivity contribution < 1.29 is 24.2 Å². The first kappa shape index (κ1) is 19.5. The van der Waals surface area contributed by atoms with Gasteiger partial charge in [-0.3, -0.25) is 4.79 Å². The van der Waals surface area contributed by atoms with Gasteiger partial charge >= 0.3 is 11.6 Å². The third kappa shape index (κ3) is 4.62. The van der Waals surface area contributed by atoms with Crippen molar-refractivity contribution in [2.24, 2.45) is 0 Å². The Hall–Kier alpha value is -2.83. The predicted octanol–water partition coefficient (Wildman–Crippen LogP) is 2.50. The van der Waals surface area contributed by atoms with E-state index in [2.05, 4.69) is 5.32 Å². The van der Waals surface area contributed by atoms with E-state index in [0.717, 1.165) is 6.42 Å². The summed E-state index contributed by atoms with van der Waals surface area (Å²) >= 11 is 0. The molecule has 7 nitrogen and oxygen atoms in total. The number of amides is 1. The van der Waals surface area contributed by atoms with E-state index in [1.165, 1.54) is 12.1 Å². The first-order valence-corrected chi connectivity index (χ1v) is 8.61. The molecule has 0 fully saturated rings. The minimum absolute atomic E-state index is 0.000954. The Bertz CT molecular complexity index is 870. The summed E-state index contributed by atoms with van der Waals surface area (Å²) in [5.74, 6) is -1.48. The monoisotopic (exact) mass is 361 g/mol. The van der Waals surface area contributed by atoms with Gasteiger partial charge in [-0.1, -0.05) is 19.8 Å². The lowest BCUT2D eigenvalue weighted by Crippen LogP contribution is -2.40. The third-order valence-electron chi connectivity index (χ3n) is 4.35. The average molecular weight is 361 g/mol. The number of aryl methyl sites for hydroxylation is 1. The molecule has 26 heavy (non-hydrogen) atoms. The molecular weight excluding hydrogens is 338 g/mol. The molecule has 0 radical (unpaired) electrons. The van der Waals surface area contributed by atoms with E-state index in [1.807, 2.05) is 6.92 Å². The highest BCUT2D eigenvalue weighted by atomic mass is 16.4. The molecule has 0 bridgehead atoms. The van der Waals surface area contributed by atoms with Gasteiger partial charge in [0.1, 0.15) is 17.4 Å². The lowest BCUT2D eigenvalue weighted by Gasteiger charge is -2.14. The summed E-state index contributed by atoms with van der Waals surface area (Å²) in [6.07, 6.45) is 2.06. The molecule has 1 heterocycles. The molecule has 3 N–H and O–H groups in total. The maximum absolute atomic E-state index is 12.2. The zero-order valence-electron chi connectivity index (χ0n) is 14.9. The molecule has 7 heteroatoms. The summed E-state index contributed by atoms with van der Waals surface area (Å²) in [5, 5.41) is 21.8. The van der Waals surface area contributed by atoms with Crippen LogP contribution in [0.5, 0.6) is 5.75 Å². The fraction of sp³-hybridized carbons (Fsp3) is 0.421. The molecule has 0 spiro atoms. The number of hydrogen-bond donors (Lipinski definition) is 3. The van der Waals surface area contributed by atoms with Gasteiger partial charge in [0.05, 0.1) is 0 Å². The second-order valence-electron chi connectivity index (χ2n) is 6.27. The number of unbranched alkanes of at least 4 members (excludes halogenated alkanes) is 1. The van der Waals surface area contributed by atoms with E-state index in [1.54, 1.807) is 13.0 Å². The van der Waals surface area contributed by atoms with Crippen LogP contribution < -0.4 is 10.9 Å². The Morgan fingerprint density at radius 2 is 2.04 bits per heavy atom. The van der Waals surface area contributed by atoms with Gasteiger partial charge in [-0.05, 0) is 37.5 Å². The minimum atomic E-state index is -1.06. The van der Waals surface area contributed by atoms with Crippen molar-refractivity contribution in [2.45, 2.75) is 52.0 Å². The van der Waals surface area contributed by atoms with E-state index in [4.69, 9.17) is 9.52 Å². The Balaban J connectivity index is 2.11. The van der Waals surface area contributed by atoms with Crippen LogP contribution in [-0.4, -0.2) is 28.1 Å². The SMILES string of the molecule is CCCCC(NC(=O)CCc1c(C)c2ccc(O)cc2oc1=O)C(=O)O. The van der Waals surface area contributed by atoms with Crippen LogP contribution in [0.4, 0.5) is 0 Å². The number of carboxylic acid groups (broad SMARTS) is 1. The normalized spacial score (nSPS) is 12.1. The van der Waals surface area contributed by atoms with E-state index in [0.29, 0.717) is 29.4 Å². The van der Waals surface area contributed by atoms with Crippen LogP contribution in [-0.2, 0) is 16.0 Å². The molecule has 1 unspecified atom stereocenters. The number of benzene rings is 1. The molecule has 0 aliphatic heterocycles. The number of carboxylic acids is 1. The van der Waals surface area contributed by atoms with Crippen molar-refractivity contribution >= 4 is 22.8 Å². The summed E-state index contributed by atoms with van der Waals surface area (Å²) in [6, 6.07) is 3.60. The van der Waals surface area contributed by atoms with Crippen molar-refractivity contribution in [3.63, 3.8) is 0 Å². The Morgan fingerprint density at radius 3 is 2.69 bits per heavy atom. The molecule has 0 aliphatic rings. The predicted molar refractivity (Wildman–Crippen MR) is 96.3 cm³/mol. The van der Waals surface area contributed by atoms with Gasteiger partial charge in [-0.2, -0.15) is 0 Å². The number of rotatable bonds is 8. The number of aromatic hydroxyl groups is 1. The molecule has 1 aromatic heterocycles. The highest BCUT2D eigenvalue weighted by Crippen LogP contribution is 2.23. The van der Waals surface area contributed by atoms with Crippen LogP contribution in [0.25, 0.3) is 11.0 Å². The third-order valence-corrected chi connectivity index (χ3v) is 4.35. The second kappa shape index (κ2) is 8.51. The maximum Gasteiger partial charge on any atom is 0.339 e. The highest BCUT2D eigenvalue weighted by molar-refractivity contribution is 5.84. The molecule has 1 atom stereocenters. The van der Waals surface area contributed by atoms with Crippen LogP contribution in [0.15, 0.2) is 27.4 Å². The van der Waals surface area contributed by atoms with E-state index < -0.39 is 23.5 Å². The van der Waals surface area contributed by atoms with Crippen LogP contribution in [0.1, 0.15) is 43.7 Å². The van der Waals surface area contributed by atoms with Gasteiger partial charge in [-0.15, -0.1) is 0 Å². The Kier molecular flexibility index (Phi) is 6.38. The summed E-state index contributed by atoms with van der Waals surface area (Å²) in [6.45, 7) is 3.70. The van der Waals surface area contributed by atoms with Gasteiger partial charge in [0.15, 0.2) is 0 Å². The van der Waals surface area contributed by atoms with Gasteiger partial charge in [0.25, 0.3) is 0 Å². The number of hydrogen-bond acceptors (Lipinski definition) is 5. The first-order valence-electron chi connectivity index (χ1n) is 8.61. The standard InChI is InChI=1S/C19H23NO6/c1-3-4-5-15(18(23)24)20-17(22)9-8-14-11(2)13-7-6-12(21)10-16(13)26-19(14)25/h6-7,10,15,21H,3-5,8-9H2,1-2H3,(H,20,22)(H,23,24). The molecule has 2 aromatic rings. The first-order chi connectivity index (χ1) is 12.3. The number of phenols is 1. The molecule has 2 rings (SSSR count). The fourth-order valence-corrected chi connectivity index (χ4v) is 2.84. The van der Waals surface area contributed by atoms with Crippen LogP contribution >= 0.6 is 0 Å². The molecular formula is C19H23NO6. The zero-order chi connectivity index (χ0) is 19.3. The van der Waals surface area contributed by atoms with Gasteiger partial charge < -0.3 is 19.9 Å². The molecule has 0 saturated carbocycles. The van der Waals surface area contributed by atoms with Crippen LogP contribution in [0.2, 0.25) is 0 Å². The van der Waals surface area contributed by atoms with Crippen molar-refractivity contribution in [2.75, 3.05) is 0 Å². The van der Waals surface area contributed by atoms with E-state index in [9.17, 15) is 19.5 Å². The largest absolute Gasteiger partial charge is 0.508 e. The topological polar surface area (TPSA) is 117 Å². The quantitative estimate of drug-likeness (QED) is 0.622. The Morgan fingerprint density at radius 1 is 1.31 bits per heavy atom. The van der Waals surface area contributed by atoms with Gasteiger partial charge in [-0.25, -0.2) is 9.59 Å². The molecule has 140 valence electrons. The summed E-state index contributed by atoms with van der Waals surface area (Å²) in [5.41, 5.74) is 0.781. The number of aliphatic carboxylic acids is 1. The summed E-state index contributed by atoms with van der Waals surface area (Å²) < 4.78 is 5.22. The highest BCUT2D eigenvalue weighted by Gasteiger charge is 2.20. The molecule has 0 aliphatic carbocycles. The number of carbonyl (C=O) groups is 2. The Labute approximate surface area is 150 Å². The van der Waals surface area contributed by atoms with E-state index in [-0.39, 0.29) is 24.2 Å². The maximum atomic E-state index is 12.2. The summed E-state index contributed by atoms with van der Waals surface area (Å²) in [7, 11) is 0. The van der Waals surface area contributed by atoms with E-state index >= 15 is 0 Å². The number of carbonyl (C=O) groups excluding carboxylic acids is 1. The smallest absolute Gasteiger partial charge is 0.339 e.